The molecule has 0 aromatic carbocycles. The average molecular weight is 293 g/mol. The quantitative estimate of drug-likeness (QED) is 0.594. The van der Waals surface area contributed by atoms with Crippen molar-refractivity contribution in [2.75, 3.05) is 0 Å². The SMILES string of the molecule is C[C@@H](C(=O)[O-])N1C(=O)/C(=C/c2cccnc2)SC1=S. The van der Waals surface area contributed by atoms with Gasteiger partial charge in [0.15, 0.2) is 0 Å². The Morgan fingerprint density at radius 1 is 1.63 bits per heavy atom. The van der Waals surface area contributed by atoms with Crippen LogP contribution in [0.15, 0.2) is 29.4 Å². The Morgan fingerprint density at radius 3 is 2.95 bits per heavy atom. The number of carboxylic acid groups (broad SMARTS) is 1. The van der Waals surface area contributed by atoms with Gasteiger partial charge < -0.3 is 9.90 Å². The van der Waals surface area contributed by atoms with E-state index < -0.39 is 17.9 Å². The monoisotopic (exact) mass is 293 g/mol. The number of carbonyl (C=O) groups is 2. The van der Waals surface area contributed by atoms with Gasteiger partial charge >= 0.3 is 0 Å². The third-order valence-corrected chi connectivity index (χ3v) is 3.86. The fourth-order valence-corrected chi connectivity index (χ4v) is 2.95. The predicted octanol–water partition coefficient (Wildman–Crippen LogP) is 0.421. The maximum absolute atomic E-state index is 12.1. The summed E-state index contributed by atoms with van der Waals surface area (Å²) in [7, 11) is 0. The molecular formula is C12H9N2O3S2-. The second-order valence-electron chi connectivity index (χ2n) is 3.83. The Labute approximate surface area is 119 Å². The van der Waals surface area contributed by atoms with E-state index in [1.807, 2.05) is 0 Å². The summed E-state index contributed by atoms with van der Waals surface area (Å²) >= 11 is 6.10. The van der Waals surface area contributed by atoms with E-state index in [0.29, 0.717) is 4.91 Å². The molecule has 1 amide bonds. The van der Waals surface area contributed by atoms with Crippen LogP contribution in [0.5, 0.6) is 0 Å². The zero-order chi connectivity index (χ0) is 14.0. The van der Waals surface area contributed by atoms with Gasteiger partial charge in [-0.3, -0.25) is 14.7 Å². The zero-order valence-corrected chi connectivity index (χ0v) is 11.5. The maximum atomic E-state index is 12.1. The number of aliphatic carboxylic acids is 1. The first kappa shape index (κ1) is 13.7. The van der Waals surface area contributed by atoms with Gasteiger partial charge in [-0.15, -0.1) is 0 Å². The fourth-order valence-electron chi connectivity index (χ4n) is 1.53. The molecule has 1 atom stereocenters. The van der Waals surface area contributed by atoms with E-state index in [1.54, 1.807) is 30.6 Å². The lowest BCUT2D eigenvalue weighted by Crippen LogP contribution is -2.48. The van der Waals surface area contributed by atoms with Crippen LogP contribution in [0.4, 0.5) is 0 Å². The van der Waals surface area contributed by atoms with Gasteiger partial charge in [-0.1, -0.05) is 30.0 Å². The van der Waals surface area contributed by atoms with Crippen LogP contribution < -0.4 is 5.11 Å². The summed E-state index contributed by atoms with van der Waals surface area (Å²) in [6.07, 6.45) is 4.86. The Morgan fingerprint density at radius 2 is 2.37 bits per heavy atom. The molecule has 7 heteroatoms. The number of nitrogens with zero attached hydrogens (tertiary/aromatic N) is 2. The van der Waals surface area contributed by atoms with Gasteiger partial charge in [0.1, 0.15) is 4.32 Å². The molecule has 5 nitrogen and oxygen atoms in total. The fraction of sp³-hybridized carbons (Fsp3) is 0.167. The number of carboxylic acids is 1. The van der Waals surface area contributed by atoms with Crippen molar-refractivity contribution in [3.8, 4) is 0 Å². The van der Waals surface area contributed by atoms with Crippen molar-refractivity contribution in [1.29, 1.82) is 0 Å². The van der Waals surface area contributed by atoms with Crippen LogP contribution in [-0.4, -0.2) is 32.1 Å². The van der Waals surface area contributed by atoms with E-state index in [2.05, 4.69) is 4.98 Å². The molecule has 1 aromatic heterocycles. The first-order valence-electron chi connectivity index (χ1n) is 5.38. The lowest BCUT2D eigenvalue weighted by Gasteiger charge is -2.23. The number of hydrogen-bond acceptors (Lipinski definition) is 6. The minimum Gasteiger partial charge on any atom is -0.548 e. The standard InChI is InChI=1S/C12H10N2O3S2/c1-7(11(16)17)14-10(15)9(19-12(14)18)5-8-3-2-4-13-6-8/h2-7H,1H3,(H,16,17)/p-1/b9-5-/t7-/m0/s1. The van der Waals surface area contributed by atoms with Crippen LogP contribution in [0.1, 0.15) is 12.5 Å². The van der Waals surface area contributed by atoms with Crippen molar-refractivity contribution in [3.05, 3.63) is 35.0 Å². The molecule has 98 valence electrons. The van der Waals surface area contributed by atoms with Crippen molar-refractivity contribution in [2.45, 2.75) is 13.0 Å². The normalized spacial score (nSPS) is 19.0. The second-order valence-corrected chi connectivity index (χ2v) is 5.51. The molecule has 0 N–H and O–H groups in total. The second kappa shape index (κ2) is 5.50. The van der Waals surface area contributed by atoms with Crippen LogP contribution in [0.3, 0.4) is 0 Å². The molecule has 0 aliphatic carbocycles. The van der Waals surface area contributed by atoms with Crippen LogP contribution in [0.2, 0.25) is 0 Å². The number of carbonyl (C=O) groups excluding carboxylic acids is 2. The van der Waals surface area contributed by atoms with E-state index in [1.165, 1.54) is 6.92 Å². The highest BCUT2D eigenvalue weighted by Gasteiger charge is 2.35. The summed E-state index contributed by atoms with van der Waals surface area (Å²) in [5.74, 6) is -1.76. The van der Waals surface area contributed by atoms with Crippen molar-refractivity contribution >= 4 is 46.3 Å². The highest BCUT2D eigenvalue weighted by molar-refractivity contribution is 8.26. The predicted molar refractivity (Wildman–Crippen MR) is 73.7 cm³/mol. The number of thiocarbonyl (C=S) groups is 1. The largest absolute Gasteiger partial charge is 0.548 e. The van der Waals surface area contributed by atoms with Gasteiger partial charge in [0.2, 0.25) is 0 Å². The molecule has 0 saturated carbocycles. The highest BCUT2D eigenvalue weighted by Crippen LogP contribution is 2.33. The number of hydrogen-bond donors (Lipinski definition) is 0. The molecule has 1 aliphatic rings. The van der Waals surface area contributed by atoms with Crippen LogP contribution in [0, 0.1) is 0 Å². The summed E-state index contributed by atoms with van der Waals surface area (Å²) in [6, 6.07) is 2.46. The zero-order valence-electron chi connectivity index (χ0n) is 9.90. The third kappa shape index (κ3) is 2.82. The first-order chi connectivity index (χ1) is 9.00. The topological polar surface area (TPSA) is 73.3 Å². The summed E-state index contributed by atoms with van der Waals surface area (Å²) in [5.41, 5.74) is 0.754. The van der Waals surface area contributed by atoms with Crippen molar-refractivity contribution in [1.82, 2.24) is 9.88 Å². The van der Waals surface area contributed by atoms with Gasteiger partial charge in [-0.2, -0.15) is 0 Å². The lowest BCUT2D eigenvalue weighted by molar-refractivity contribution is -0.309. The molecular weight excluding hydrogens is 284 g/mol. The molecule has 0 radical (unpaired) electrons. The van der Waals surface area contributed by atoms with Crippen LogP contribution in [0.25, 0.3) is 6.08 Å². The Bertz CT molecular complexity index is 572. The molecule has 1 fully saturated rings. The number of thioether (sulfide) groups is 1. The van der Waals surface area contributed by atoms with Gasteiger partial charge in [0.05, 0.1) is 16.9 Å². The number of pyridine rings is 1. The van der Waals surface area contributed by atoms with Gasteiger partial charge in [0, 0.05) is 12.4 Å². The molecule has 2 rings (SSSR count). The van der Waals surface area contributed by atoms with Gasteiger partial charge in [0.25, 0.3) is 5.91 Å². The van der Waals surface area contributed by atoms with Crippen LogP contribution >= 0.6 is 24.0 Å². The van der Waals surface area contributed by atoms with E-state index >= 15 is 0 Å². The molecule has 0 unspecified atom stereocenters. The minimum absolute atomic E-state index is 0.219. The molecule has 1 aromatic rings. The highest BCUT2D eigenvalue weighted by atomic mass is 32.2. The van der Waals surface area contributed by atoms with E-state index in [4.69, 9.17) is 12.2 Å². The van der Waals surface area contributed by atoms with Crippen molar-refractivity contribution in [2.24, 2.45) is 0 Å². The summed E-state index contributed by atoms with van der Waals surface area (Å²) in [4.78, 5) is 28.3. The summed E-state index contributed by atoms with van der Waals surface area (Å²) in [6.45, 7) is 1.37. The lowest BCUT2D eigenvalue weighted by atomic mass is 10.2. The smallest absolute Gasteiger partial charge is 0.266 e. The van der Waals surface area contributed by atoms with E-state index in [9.17, 15) is 14.7 Å². The Hall–Kier alpha value is -1.73. The van der Waals surface area contributed by atoms with E-state index in [-0.39, 0.29) is 4.32 Å². The van der Waals surface area contributed by atoms with Crippen molar-refractivity contribution in [3.63, 3.8) is 0 Å². The number of aromatic nitrogens is 1. The third-order valence-electron chi connectivity index (χ3n) is 2.53. The summed E-state index contributed by atoms with van der Waals surface area (Å²) in [5, 5.41) is 10.8. The molecule has 1 aliphatic heterocycles. The maximum Gasteiger partial charge on any atom is 0.266 e. The van der Waals surface area contributed by atoms with Crippen molar-refractivity contribution < 1.29 is 14.7 Å². The summed E-state index contributed by atoms with van der Waals surface area (Å²) < 4.78 is 0.219. The molecule has 1 saturated heterocycles. The molecule has 0 spiro atoms. The number of rotatable bonds is 3. The van der Waals surface area contributed by atoms with Gasteiger partial charge in [-0.25, -0.2) is 0 Å². The van der Waals surface area contributed by atoms with Crippen LogP contribution in [-0.2, 0) is 9.59 Å². The molecule has 19 heavy (non-hydrogen) atoms. The minimum atomic E-state index is -1.33. The molecule has 0 bridgehead atoms. The Kier molecular flexibility index (Phi) is 3.96. The Balaban J connectivity index is 2.28. The number of amides is 1. The molecule has 2 heterocycles. The van der Waals surface area contributed by atoms with Gasteiger partial charge in [-0.05, 0) is 24.6 Å². The average Bonchev–Trinajstić information content (AvgIpc) is 2.65. The first-order valence-corrected chi connectivity index (χ1v) is 6.61. The van der Waals surface area contributed by atoms with E-state index in [0.717, 1.165) is 22.2 Å².